The summed E-state index contributed by atoms with van der Waals surface area (Å²) >= 11 is 1.55. The molecule has 0 spiro atoms. The number of carbonyl (C=O) groups excluding carboxylic acids is 4. The highest BCUT2D eigenvalue weighted by molar-refractivity contribution is 7.99. The maximum atomic E-state index is 12.6. The van der Waals surface area contributed by atoms with E-state index >= 15 is 0 Å². The largest absolute Gasteiger partial charge is 0.458 e. The molecule has 0 aromatic heterocycles. The van der Waals surface area contributed by atoms with E-state index in [1.54, 1.807) is 36.0 Å². The molecule has 2 bridgehead atoms. The molecule has 0 N–H and O–H groups in total. The third-order valence-corrected chi connectivity index (χ3v) is 7.27. The fourth-order valence-electron chi connectivity index (χ4n) is 4.75. The van der Waals surface area contributed by atoms with E-state index in [0.717, 1.165) is 19.3 Å². The second kappa shape index (κ2) is 10.9. The summed E-state index contributed by atoms with van der Waals surface area (Å²) in [5.74, 6) is -0.570. The van der Waals surface area contributed by atoms with Crippen molar-refractivity contribution in [2.24, 2.45) is 5.92 Å². The summed E-state index contributed by atoms with van der Waals surface area (Å²) in [5.41, 5.74) is 0.875. The minimum Gasteiger partial charge on any atom is -0.458 e. The molecule has 34 heavy (non-hydrogen) atoms. The third-order valence-electron chi connectivity index (χ3n) is 6.24. The molecular weight excluding hydrogens is 462 g/mol. The Kier molecular flexibility index (Phi) is 7.90. The molecule has 0 radical (unpaired) electrons. The van der Waals surface area contributed by atoms with Gasteiger partial charge in [-0.2, -0.15) is 11.8 Å². The number of ether oxygens (including phenoxy) is 4. The van der Waals surface area contributed by atoms with Gasteiger partial charge in [0.2, 0.25) is 0 Å². The molecule has 2 amide bonds. The van der Waals surface area contributed by atoms with Crippen LogP contribution in [0.15, 0.2) is 24.3 Å². The van der Waals surface area contributed by atoms with Crippen molar-refractivity contribution in [3.05, 3.63) is 35.4 Å². The van der Waals surface area contributed by atoms with Gasteiger partial charge in [-0.1, -0.05) is 18.6 Å². The van der Waals surface area contributed by atoms with Crippen LogP contribution in [0.2, 0.25) is 0 Å². The highest BCUT2D eigenvalue weighted by Crippen LogP contribution is 2.37. The van der Waals surface area contributed by atoms with E-state index < -0.39 is 30.4 Å². The lowest BCUT2D eigenvalue weighted by Crippen LogP contribution is -2.58. The van der Waals surface area contributed by atoms with Gasteiger partial charge in [-0.05, 0) is 25.0 Å². The molecule has 3 fully saturated rings. The zero-order valence-corrected chi connectivity index (χ0v) is 20.1. The minimum atomic E-state index is -0.830. The molecular formula is C24H29NO8S. The predicted molar refractivity (Wildman–Crippen MR) is 122 cm³/mol. The summed E-state index contributed by atoms with van der Waals surface area (Å²) in [6, 6.07) is 6.83. The van der Waals surface area contributed by atoms with Gasteiger partial charge in [-0.3, -0.25) is 24.1 Å². The van der Waals surface area contributed by atoms with Crippen LogP contribution in [-0.4, -0.2) is 77.9 Å². The molecule has 5 rings (SSSR count). The number of hydrogen-bond acceptors (Lipinski definition) is 9. The van der Waals surface area contributed by atoms with Crippen LogP contribution in [-0.2, 0) is 28.5 Å². The lowest BCUT2D eigenvalue weighted by molar-refractivity contribution is -0.285. The van der Waals surface area contributed by atoms with Gasteiger partial charge in [0.25, 0.3) is 11.8 Å². The van der Waals surface area contributed by atoms with Crippen molar-refractivity contribution in [2.75, 3.05) is 24.7 Å². The number of benzene rings is 1. The number of rotatable bonds is 7. The first kappa shape index (κ1) is 24.7. The maximum absolute atomic E-state index is 12.6. The van der Waals surface area contributed by atoms with Crippen molar-refractivity contribution < 1.29 is 38.1 Å². The molecule has 3 saturated heterocycles. The number of fused-ring (bicyclic) bond motifs is 7. The monoisotopic (exact) mass is 491 g/mol. The number of imide groups is 1. The normalized spacial score (nSPS) is 28.6. The standard InChI is InChI=1S/C24H29NO8S/c1-14(26)31-20-18-9-5-6-11-30-24(21(20)32-15(2)27)33-19(18)13-34-12-10-25-22(28)16-7-3-4-8-17(16)23(25)29/h3-4,7-8,18-21,24H,5-6,9-13H2,1-2H3. The number of nitrogens with zero attached hydrogens (tertiary/aromatic N) is 1. The van der Waals surface area contributed by atoms with Crippen molar-refractivity contribution in [2.45, 2.75) is 57.7 Å². The maximum Gasteiger partial charge on any atom is 0.303 e. The highest BCUT2D eigenvalue weighted by Gasteiger charge is 2.50. The second-order valence-electron chi connectivity index (χ2n) is 8.60. The van der Waals surface area contributed by atoms with E-state index in [1.165, 1.54) is 18.7 Å². The zero-order chi connectivity index (χ0) is 24.2. The van der Waals surface area contributed by atoms with Gasteiger partial charge in [-0.15, -0.1) is 0 Å². The Morgan fingerprint density at radius 3 is 2.32 bits per heavy atom. The van der Waals surface area contributed by atoms with Gasteiger partial charge < -0.3 is 18.9 Å². The average Bonchev–Trinajstić information content (AvgIpc) is 3.12. The number of hydrogen-bond donors (Lipinski definition) is 0. The van der Waals surface area contributed by atoms with Crippen molar-refractivity contribution in [1.82, 2.24) is 4.90 Å². The van der Waals surface area contributed by atoms with E-state index in [-0.39, 0.29) is 30.4 Å². The first-order valence-corrected chi connectivity index (χ1v) is 12.7. The summed E-state index contributed by atoms with van der Waals surface area (Å²) in [6.07, 6.45) is -0.202. The predicted octanol–water partition coefficient (Wildman–Crippen LogP) is 2.42. The topological polar surface area (TPSA) is 108 Å². The van der Waals surface area contributed by atoms with Crippen molar-refractivity contribution in [1.29, 1.82) is 0 Å². The van der Waals surface area contributed by atoms with E-state index in [2.05, 4.69) is 0 Å². The Bertz CT molecular complexity index is 918. The van der Waals surface area contributed by atoms with E-state index in [9.17, 15) is 19.2 Å². The van der Waals surface area contributed by atoms with Gasteiger partial charge in [0.05, 0.1) is 17.2 Å². The molecule has 0 aliphatic carbocycles. The molecule has 4 aliphatic heterocycles. The summed E-state index contributed by atoms with van der Waals surface area (Å²) < 4.78 is 23.2. The van der Waals surface area contributed by atoms with Gasteiger partial charge in [0.15, 0.2) is 12.4 Å². The van der Waals surface area contributed by atoms with Crippen LogP contribution < -0.4 is 0 Å². The first-order chi connectivity index (χ1) is 16.4. The molecule has 1 aromatic carbocycles. The Morgan fingerprint density at radius 1 is 1.03 bits per heavy atom. The number of carbonyl (C=O) groups is 4. The molecule has 184 valence electrons. The number of esters is 2. The van der Waals surface area contributed by atoms with E-state index in [1.807, 2.05) is 0 Å². The van der Waals surface area contributed by atoms with Crippen LogP contribution in [0, 0.1) is 5.92 Å². The molecule has 5 unspecified atom stereocenters. The lowest BCUT2D eigenvalue weighted by atomic mass is 9.85. The van der Waals surface area contributed by atoms with Crippen LogP contribution in [0.25, 0.3) is 0 Å². The molecule has 10 heteroatoms. The third kappa shape index (κ3) is 5.29. The average molecular weight is 492 g/mol. The summed E-state index contributed by atoms with van der Waals surface area (Å²) in [7, 11) is 0. The van der Waals surface area contributed by atoms with Gasteiger partial charge >= 0.3 is 11.9 Å². The first-order valence-electron chi connectivity index (χ1n) is 11.5. The molecule has 0 saturated carbocycles. The van der Waals surface area contributed by atoms with E-state index in [0.29, 0.717) is 29.2 Å². The zero-order valence-electron chi connectivity index (χ0n) is 19.3. The molecule has 1 aromatic rings. The Labute approximate surface area is 202 Å². The van der Waals surface area contributed by atoms with Crippen LogP contribution >= 0.6 is 11.8 Å². The summed E-state index contributed by atoms with van der Waals surface area (Å²) in [6.45, 7) is 3.38. The van der Waals surface area contributed by atoms with E-state index in [4.69, 9.17) is 18.9 Å². The fraction of sp³-hybridized carbons (Fsp3) is 0.583. The summed E-state index contributed by atoms with van der Waals surface area (Å²) in [4.78, 5) is 50.0. The van der Waals surface area contributed by atoms with Crippen LogP contribution in [0.4, 0.5) is 0 Å². The molecule has 4 heterocycles. The van der Waals surface area contributed by atoms with Crippen LogP contribution in [0.1, 0.15) is 53.8 Å². The number of thioether (sulfide) groups is 1. The van der Waals surface area contributed by atoms with Crippen molar-refractivity contribution >= 4 is 35.5 Å². The van der Waals surface area contributed by atoms with Crippen molar-refractivity contribution in [3.8, 4) is 0 Å². The second-order valence-corrected chi connectivity index (χ2v) is 9.75. The quantitative estimate of drug-likeness (QED) is 0.323. The molecule has 4 aliphatic rings. The van der Waals surface area contributed by atoms with Gasteiger partial charge in [-0.25, -0.2) is 0 Å². The highest BCUT2D eigenvalue weighted by atomic mass is 32.2. The molecule has 9 nitrogen and oxygen atoms in total. The Balaban J connectivity index is 1.40. The lowest BCUT2D eigenvalue weighted by Gasteiger charge is -2.44. The Hall–Kier alpha value is -2.43. The minimum absolute atomic E-state index is 0.169. The molecule has 5 atom stereocenters. The fourth-order valence-corrected chi connectivity index (χ4v) is 5.78. The van der Waals surface area contributed by atoms with Crippen molar-refractivity contribution in [3.63, 3.8) is 0 Å². The Morgan fingerprint density at radius 2 is 1.68 bits per heavy atom. The van der Waals surface area contributed by atoms with Gasteiger partial charge in [0.1, 0.15) is 6.10 Å². The van der Waals surface area contributed by atoms with Crippen LogP contribution in [0.3, 0.4) is 0 Å². The number of amides is 2. The van der Waals surface area contributed by atoms with Crippen LogP contribution in [0.5, 0.6) is 0 Å². The SMILES string of the molecule is CC(=O)OC1C2OCCCCC(C(CSCCN3C(=O)c4ccccc4C3=O)O2)C1OC(C)=O. The van der Waals surface area contributed by atoms with Gasteiger partial charge in [0, 0.05) is 44.4 Å². The summed E-state index contributed by atoms with van der Waals surface area (Å²) in [5, 5.41) is 0. The smallest absolute Gasteiger partial charge is 0.303 e.